The van der Waals surface area contributed by atoms with E-state index >= 15 is 0 Å². The smallest absolute Gasteiger partial charge is 0.257 e. The molecule has 7 rings (SSSR count). The number of carbonyl (C=O) groups is 4. The molecule has 5 heterocycles. The van der Waals surface area contributed by atoms with Crippen LogP contribution in [-0.4, -0.2) is 125 Å². The first-order valence-corrected chi connectivity index (χ1v) is 24.2. The highest BCUT2D eigenvalue weighted by atomic mass is 35.5. The van der Waals surface area contributed by atoms with Crippen LogP contribution in [0.25, 0.3) is 21.5 Å². The van der Waals surface area contributed by atoms with E-state index in [9.17, 15) is 39.6 Å². The Morgan fingerprint density at radius 3 is 2.45 bits per heavy atom. The quantitative estimate of drug-likeness (QED) is 0.0549. The van der Waals surface area contributed by atoms with Gasteiger partial charge in [-0.05, 0) is 60.1 Å². The lowest BCUT2D eigenvalue weighted by atomic mass is 9.85. The second kappa shape index (κ2) is 22.3. The van der Waals surface area contributed by atoms with Gasteiger partial charge in [0.05, 0.1) is 32.6 Å². The molecule has 9 N–H and O–H groups in total. The molecule has 3 aromatic heterocycles. The second-order valence-electron chi connectivity index (χ2n) is 18.6. The molecule has 2 aromatic carbocycles. The first kappa shape index (κ1) is 51.1. The van der Waals surface area contributed by atoms with Crippen LogP contribution in [0, 0.1) is 12.3 Å². The molecule has 4 amide bonds. The Morgan fingerprint density at radius 2 is 1.72 bits per heavy atom. The number of ether oxygens (including phenoxy) is 2. The number of nitrogens with zero attached hydrogens (tertiary/aromatic N) is 5. The Bertz CT molecular complexity index is 2610. The van der Waals surface area contributed by atoms with Crippen molar-refractivity contribution in [1.82, 2.24) is 40.4 Å². The molecule has 2 saturated heterocycles. The molecule has 0 spiro atoms. The summed E-state index contributed by atoms with van der Waals surface area (Å²) in [5, 5.41) is 53.0. The molecule has 370 valence electrons. The second-order valence-corrected chi connectivity index (χ2v) is 19.8. The molecule has 69 heavy (non-hydrogen) atoms. The number of benzene rings is 2. The van der Waals surface area contributed by atoms with Crippen molar-refractivity contribution in [2.24, 2.45) is 5.41 Å². The number of carbonyl (C=O) groups excluding carboxylic acids is 4. The van der Waals surface area contributed by atoms with Crippen molar-refractivity contribution in [3.05, 3.63) is 88.4 Å². The summed E-state index contributed by atoms with van der Waals surface area (Å²) >= 11 is 7.92. The number of aliphatic hydroxyl groups excluding tert-OH is 4. The Balaban J connectivity index is 0.809. The standard InChI is InChI=1S/C48H60ClN9O10S/c1-26-41(69-25-55-26)28-12-10-27(11-13-28)21-52-45(65)33-20-30(59)22-58(33)46(66)42(48(2,3)4)56-35(60)9-7-5-6-8-17-51-36(61)23-67-34-19-29(14-15-32(34)49)37(62)40-38(63)39(64)47(68-40)57-18-16-31-43(50)53-24-54-44(31)57/h10-16,18-19,24-25,30,33,37-40,42,47,59,62-64H,5-9,17,20-23H2,1-4H3,(H,51,61)(H,52,65)(H,56,60)(H2,50,53,54)/t30-,33+,37-,38+,39-,40-,42-,47-/m1/s1. The number of hydrogen-bond donors (Lipinski definition) is 8. The molecule has 2 aliphatic heterocycles. The highest BCUT2D eigenvalue weighted by Crippen LogP contribution is 2.39. The van der Waals surface area contributed by atoms with Gasteiger partial charge in [0.25, 0.3) is 5.91 Å². The molecule has 5 aromatic rings. The number of aryl methyl sites for hydroxylation is 1. The number of anilines is 1. The maximum Gasteiger partial charge on any atom is 0.257 e. The van der Waals surface area contributed by atoms with Crippen molar-refractivity contribution < 1.29 is 49.1 Å². The predicted molar refractivity (Wildman–Crippen MR) is 258 cm³/mol. The maximum absolute atomic E-state index is 14.0. The van der Waals surface area contributed by atoms with E-state index in [0.717, 1.165) is 21.7 Å². The van der Waals surface area contributed by atoms with E-state index in [1.165, 1.54) is 34.0 Å². The predicted octanol–water partition coefficient (Wildman–Crippen LogP) is 3.71. The van der Waals surface area contributed by atoms with Crippen LogP contribution in [0.4, 0.5) is 5.82 Å². The summed E-state index contributed by atoms with van der Waals surface area (Å²) in [7, 11) is 0. The van der Waals surface area contributed by atoms with Crippen LogP contribution in [-0.2, 0) is 30.5 Å². The fraction of sp³-hybridized carbons (Fsp3) is 0.479. The number of halogens is 1. The Morgan fingerprint density at radius 1 is 0.971 bits per heavy atom. The SMILES string of the molecule is Cc1ncsc1-c1ccc(CNC(=O)[C@@H]2C[C@@H](O)CN2C(=O)[C@@H](NC(=O)CCCCCCNC(=O)COc2cc([C@@H](O)[C@H]3O[C@@H](n4ccc5c(N)ncnc54)[C@H](O)[C@@H]3O)ccc2Cl)C(C)(C)C)cc1. The number of fused-ring (bicyclic) bond motifs is 1. The summed E-state index contributed by atoms with van der Waals surface area (Å²) in [6.45, 7) is 7.69. The highest BCUT2D eigenvalue weighted by Gasteiger charge is 2.48. The summed E-state index contributed by atoms with van der Waals surface area (Å²) in [6.07, 6.45) is -1.81. The number of rotatable bonds is 19. The average Bonchev–Trinajstić information content (AvgIpc) is 4.12. The number of unbranched alkanes of at least 4 members (excludes halogenated alkanes) is 3. The summed E-state index contributed by atoms with van der Waals surface area (Å²) in [4.78, 5) is 68.3. The van der Waals surface area contributed by atoms with E-state index in [0.29, 0.717) is 43.3 Å². The number of nitrogens with one attached hydrogen (secondary N) is 3. The number of amides is 4. The van der Waals surface area contributed by atoms with Crippen LogP contribution < -0.4 is 26.4 Å². The van der Waals surface area contributed by atoms with Gasteiger partial charge < -0.3 is 61.1 Å². The van der Waals surface area contributed by atoms with Gasteiger partial charge in [0.2, 0.25) is 17.7 Å². The molecule has 0 unspecified atom stereocenters. The van der Waals surface area contributed by atoms with E-state index < -0.39 is 66.1 Å². The lowest BCUT2D eigenvalue weighted by molar-refractivity contribution is -0.144. The zero-order valence-electron chi connectivity index (χ0n) is 38.9. The van der Waals surface area contributed by atoms with Gasteiger partial charge in [0, 0.05) is 38.7 Å². The van der Waals surface area contributed by atoms with Crippen LogP contribution in [0.5, 0.6) is 5.75 Å². The number of likely N-dealkylation sites (tertiary alicyclic amines) is 1. The molecule has 2 aliphatic rings. The zero-order chi connectivity index (χ0) is 49.6. The fourth-order valence-electron chi connectivity index (χ4n) is 8.58. The van der Waals surface area contributed by atoms with Crippen molar-refractivity contribution in [1.29, 1.82) is 0 Å². The third-order valence-electron chi connectivity index (χ3n) is 12.4. The van der Waals surface area contributed by atoms with Crippen molar-refractivity contribution in [3.8, 4) is 16.2 Å². The molecule has 2 fully saturated rings. The molecule has 21 heteroatoms. The Hall–Kier alpha value is -5.74. The van der Waals surface area contributed by atoms with Gasteiger partial charge >= 0.3 is 0 Å². The molecule has 19 nitrogen and oxygen atoms in total. The minimum atomic E-state index is -1.48. The van der Waals surface area contributed by atoms with E-state index in [-0.39, 0.29) is 66.5 Å². The monoisotopic (exact) mass is 989 g/mol. The summed E-state index contributed by atoms with van der Waals surface area (Å²) < 4.78 is 13.2. The molecule has 0 aliphatic carbocycles. The van der Waals surface area contributed by atoms with Gasteiger partial charge in [-0.25, -0.2) is 15.0 Å². The fourth-order valence-corrected chi connectivity index (χ4v) is 9.56. The molecular weight excluding hydrogens is 930 g/mol. The van der Waals surface area contributed by atoms with Crippen molar-refractivity contribution in [2.75, 3.05) is 25.4 Å². The topological polar surface area (TPSA) is 277 Å². The third-order valence-corrected chi connectivity index (χ3v) is 13.7. The first-order chi connectivity index (χ1) is 32.9. The molecule has 0 radical (unpaired) electrons. The van der Waals surface area contributed by atoms with Gasteiger partial charge in [-0.1, -0.05) is 75.5 Å². The highest BCUT2D eigenvalue weighted by molar-refractivity contribution is 7.13. The first-order valence-electron chi connectivity index (χ1n) is 22.9. The van der Waals surface area contributed by atoms with Crippen LogP contribution in [0.1, 0.15) is 88.4 Å². The van der Waals surface area contributed by atoms with Crippen LogP contribution in [0.15, 0.2) is 66.6 Å². The van der Waals surface area contributed by atoms with Gasteiger partial charge in [-0.3, -0.25) is 19.2 Å². The normalized spacial score (nSPS) is 21.3. The number of hydrogen-bond acceptors (Lipinski definition) is 15. The minimum Gasteiger partial charge on any atom is -0.482 e. The van der Waals surface area contributed by atoms with Gasteiger partial charge in [0.15, 0.2) is 12.8 Å². The van der Waals surface area contributed by atoms with Crippen molar-refractivity contribution in [2.45, 2.75) is 122 Å². The third kappa shape index (κ3) is 12.2. The summed E-state index contributed by atoms with van der Waals surface area (Å²) in [5.41, 5.74) is 10.6. The molecule has 0 bridgehead atoms. The van der Waals surface area contributed by atoms with Gasteiger partial charge in [-0.15, -0.1) is 11.3 Å². The van der Waals surface area contributed by atoms with E-state index in [4.69, 9.17) is 26.8 Å². The van der Waals surface area contributed by atoms with Crippen LogP contribution in [0.2, 0.25) is 5.02 Å². The van der Waals surface area contributed by atoms with Crippen LogP contribution >= 0.6 is 22.9 Å². The lowest BCUT2D eigenvalue weighted by Gasteiger charge is -2.35. The minimum absolute atomic E-state index is 0.0203. The Kier molecular flexibility index (Phi) is 16.6. The maximum atomic E-state index is 14.0. The molecule has 0 saturated carbocycles. The number of nitrogens with two attached hydrogens (primary N) is 1. The van der Waals surface area contributed by atoms with E-state index in [2.05, 4.69) is 30.9 Å². The molecular formula is C48H60ClN9O10S. The van der Waals surface area contributed by atoms with Gasteiger partial charge in [-0.2, -0.15) is 0 Å². The number of thiazole rings is 1. The van der Waals surface area contributed by atoms with Gasteiger partial charge in [0.1, 0.15) is 60.0 Å². The van der Waals surface area contributed by atoms with Crippen molar-refractivity contribution >= 4 is 63.4 Å². The van der Waals surface area contributed by atoms with E-state index in [1.807, 2.05) is 52.0 Å². The number of nitrogen functional groups attached to an aromatic ring is 1. The lowest BCUT2D eigenvalue weighted by Crippen LogP contribution is -2.57. The summed E-state index contributed by atoms with van der Waals surface area (Å²) in [5.74, 6) is -1.16. The van der Waals surface area contributed by atoms with Crippen molar-refractivity contribution in [3.63, 3.8) is 0 Å². The average molecular weight is 991 g/mol. The van der Waals surface area contributed by atoms with Crippen LogP contribution in [0.3, 0.4) is 0 Å². The van der Waals surface area contributed by atoms with E-state index in [1.54, 1.807) is 29.1 Å². The zero-order valence-corrected chi connectivity index (χ0v) is 40.5. The summed E-state index contributed by atoms with van der Waals surface area (Å²) in [6, 6.07) is 12.1. The number of β-amino-alcohol motifs (C(OH)–C–C–N with tert-alkyl or cyclic N) is 1. The number of aromatic nitrogens is 4. The number of aliphatic hydroxyl groups is 4. The Labute approximate surface area is 408 Å². The molecule has 8 atom stereocenters. The largest absolute Gasteiger partial charge is 0.482 e.